The molecule has 0 saturated carbocycles. The maximum Gasteiger partial charge on any atom is 0.0892 e. The summed E-state index contributed by atoms with van der Waals surface area (Å²) in [5, 5.41) is 0. The molecule has 0 aliphatic rings. The highest BCUT2D eigenvalue weighted by Gasteiger charge is 1.80. The van der Waals surface area contributed by atoms with E-state index in [1.807, 2.05) is 6.08 Å². The van der Waals surface area contributed by atoms with Gasteiger partial charge in [-0.3, -0.25) is 0 Å². The van der Waals surface area contributed by atoms with Gasteiger partial charge in [0.25, 0.3) is 0 Å². The maximum atomic E-state index is 5.23. The van der Waals surface area contributed by atoms with Crippen molar-refractivity contribution in [3.63, 3.8) is 0 Å². The highest BCUT2D eigenvalue weighted by Crippen LogP contribution is 1.88. The molecule has 0 fully saturated rings. The summed E-state index contributed by atoms with van der Waals surface area (Å²) in [6.45, 7) is 3.69. The Labute approximate surface area is 87.7 Å². The quantitative estimate of drug-likeness (QED) is 0.474. The lowest BCUT2D eigenvalue weighted by atomic mass is 10.2. The summed E-state index contributed by atoms with van der Waals surface area (Å²) in [5.74, 6) is 0.432. The van der Waals surface area contributed by atoms with E-state index in [4.69, 9.17) is 22.9 Å². The van der Waals surface area contributed by atoms with E-state index in [1.165, 1.54) is 6.42 Å². The van der Waals surface area contributed by atoms with Crippen molar-refractivity contribution in [3.05, 3.63) is 11.9 Å². The molecule has 4 nitrogen and oxygen atoms in total. The van der Waals surface area contributed by atoms with E-state index in [0.717, 1.165) is 38.8 Å². The standard InChI is InChI=1S/C5H12N2.C5H14N2/c1-2-3-4-5(6)7;6-4-2-1-3-5-7/h4H,2-3,6-7H2,1H3;1-7H2. The molecule has 0 aliphatic carbocycles. The molecule has 0 bridgehead atoms. The van der Waals surface area contributed by atoms with Gasteiger partial charge >= 0.3 is 0 Å². The lowest BCUT2D eigenvalue weighted by molar-refractivity contribution is 0.695. The number of allylic oxidation sites excluding steroid dienone is 1. The van der Waals surface area contributed by atoms with E-state index >= 15 is 0 Å². The van der Waals surface area contributed by atoms with Gasteiger partial charge in [0.1, 0.15) is 0 Å². The Morgan fingerprint density at radius 1 is 1.00 bits per heavy atom. The fourth-order valence-corrected chi connectivity index (χ4v) is 0.776. The van der Waals surface area contributed by atoms with Gasteiger partial charge in [-0.25, -0.2) is 0 Å². The van der Waals surface area contributed by atoms with Crippen molar-refractivity contribution in [2.75, 3.05) is 13.1 Å². The molecule has 0 aliphatic heterocycles. The number of hydrogen-bond donors (Lipinski definition) is 4. The van der Waals surface area contributed by atoms with Crippen LogP contribution in [0.5, 0.6) is 0 Å². The Morgan fingerprint density at radius 2 is 1.50 bits per heavy atom. The zero-order chi connectivity index (χ0) is 11.2. The van der Waals surface area contributed by atoms with Gasteiger partial charge in [-0.05, 0) is 38.4 Å². The highest BCUT2D eigenvalue weighted by atomic mass is 14.8. The third-order valence-corrected chi connectivity index (χ3v) is 1.58. The van der Waals surface area contributed by atoms with Crippen LogP contribution in [0.15, 0.2) is 11.9 Å². The molecule has 14 heavy (non-hydrogen) atoms. The first-order chi connectivity index (χ1) is 6.68. The van der Waals surface area contributed by atoms with Gasteiger partial charge in [-0.1, -0.05) is 19.8 Å². The summed E-state index contributed by atoms with van der Waals surface area (Å²) in [6, 6.07) is 0. The van der Waals surface area contributed by atoms with Gasteiger partial charge in [0, 0.05) is 0 Å². The molecule has 0 rings (SSSR count). The van der Waals surface area contributed by atoms with E-state index in [0.29, 0.717) is 5.82 Å². The van der Waals surface area contributed by atoms with Crippen LogP contribution in [0.25, 0.3) is 0 Å². The molecule has 4 heteroatoms. The zero-order valence-corrected chi connectivity index (χ0v) is 9.34. The first-order valence-corrected chi connectivity index (χ1v) is 5.30. The molecule has 0 amide bonds. The Hall–Kier alpha value is -0.740. The van der Waals surface area contributed by atoms with E-state index in [1.54, 1.807) is 0 Å². The van der Waals surface area contributed by atoms with Crippen molar-refractivity contribution >= 4 is 0 Å². The van der Waals surface area contributed by atoms with Crippen molar-refractivity contribution in [1.29, 1.82) is 0 Å². The number of hydrogen-bond acceptors (Lipinski definition) is 4. The first kappa shape index (κ1) is 15.7. The first-order valence-electron chi connectivity index (χ1n) is 5.30. The molecule has 0 aromatic heterocycles. The fraction of sp³-hybridized carbons (Fsp3) is 0.800. The number of nitrogens with two attached hydrogens (primary N) is 4. The Kier molecular flexibility index (Phi) is 16.6. The SMILES string of the molecule is CCCC=C(N)N.NCCCCCN. The minimum absolute atomic E-state index is 0.432. The summed E-state index contributed by atoms with van der Waals surface area (Å²) in [7, 11) is 0. The minimum atomic E-state index is 0.432. The van der Waals surface area contributed by atoms with Crippen LogP contribution < -0.4 is 22.9 Å². The molecule has 0 heterocycles. The van der Waals surface area contributed by atoms with Gasteiger partial charge in [-0.2, -0.15) is 0 Å². The topological polar surface area (TPSA) is 104 Å². The zero-order valence-electron chi connectivity index (χ0n) is 9.34. The maximum absolute atomic E-state index is 5.23. The number of unbranched alkanes of at least 4 members (excludes halogenated alkanes) is 3. The van der Waals surface area contributed by atoms with Crippen molar-refractivity contribution < 1.29 is 0 Å². The Morgan fingerprint density at radius 3 is 1.71 bits per heavy atom. The molecule has 0 saturated heterocycles. The third kappa shape index (κ3) is 22.5. The summed E-state index contributed by atoms with van der Waals surface area (Å²) < 4.78 is 0. The second-order valence-corrected chi connectivity index (χ2v) is 3.13. The van der Waals surface area contributed by atoms with Crippen molar-refractivity contribution in [2.45, 2.75) is 39.0 Å². The van der Waals surface area contributed by atoms with Crippen LogP contribution in [0.1, 0.15) is 39.0 Å². The third-order valence-electron chi connectivity index (χ3n) is 1.58. The molecule has 0 atom stereocenters. The van der Waals surface area contributed by atoms with Crippen molar-refractivity contribution in [2.24, 2.45) is 22.9 Å². The van der Waals surface area contributed by atoms with Crippen LogP contribution in [0.2, 0.25) is 0 Å². The van der Waals surface area contributed by atoms with Crippen molar-refractivity contribution in [1.82, 2.24) is 0 Å². The Balaban J connectivity index is 0. The summed E-state index contributed by atoms with van der Waals surface area (Å²) in [5.41, 5.74) is 20.7. The Bertz CT molecular complexity index is 115. The largest absolute Gasteiger partial charge is 0.386 e. The molecule has 0 aromatic carbocycles. The van der Waals surface area contributed by atoms with Crippen LogP contribution in [0, 0.1) is 0 Å². The summed E-state index contributed by atoms with van der Waals surface area (Å²) in [4.78, 5) is 0. The summed E-state index contributed by atoms with van der Waals surface area (Å²) in [6.07, 6.45) is 7.35. The van der Waals surface area contributed by atoms with Crippen molar-refractivity contribution in [3.8, 4) is 0 Å². The fourth-order valence-electron chi connectivity index (χ4n) is 0.776. The van der Waals surface area contributed by atoms with E-state index in [-0.39, 0.29) is 0 Å². The average Bonchev–Trinajstić information content (AvgIpc) is 2.16. The summed E-state index contributed by atoms with van der Waals surface area (Å²) >= 11 is 0. The minimum Gasteiger partial charge on any atom is -0.386 e. The number of rotatable bonds is 6. The second kappa shape index (κ2) is 14.8. The predicted octanol–water partition coefficient (Wildman–Crippen LogP) is 0.619. The van der Waals surface area contributed by atoms with Crippen LogP contribution >= 0.6 is 0 Å². The molecular weight excluding hydrogens is 176 g/mol. The molecule has 86 valence electrons. The second-order valence-electron chi connectivity index (χ2n) is 3.13. The normalized spacial score (nSPS) is 8.79. The van der Waals surface area contributed by atoms with Gasteiger partial charge in [0.2, 0.25) is 0 Å². The molecule has 0 spiro atoms. The van der Waals surface area contributed by atoms with Crippen LogP contribution in [-0.2, 0) is 0 Å². The van der Waals surface area contributed by atoms with Crippen LogP contribution in [0.4, 0.5) is 0 Å². The van der Waals surface area contributed by atoms with Crippen LogP contribution in [-0.4, -0.2) is 13.1 Å². The van der Waals surface area contributed by atoms with Gasteiger partial charge < -0.3 is 22.9 Å². The lowest BCUT2D eigenvalue weighted by Crippen LogP contribution is -2.06. The highest BCUT2D eigenvalue weighted by molar-refractivity contribution is 4.88. The van der Waals surface area contributed by atoms with Gasteiger partial charge in [0.15, 0.2) is 0 Å². The molecular formula is C10H26N4. The lowest BCUT2D eigenvalue weighted by Gasteiger charge is -1.91. The van der Waals surface area contributed by atoms with Gasteiger partial charge in [0.05, 0.1) is 5.82 Å². The molecule has 0 aromatic rings. The average molecular weight is 202 g/mol. The van der Waals surface area contributed by atoms with E-state index < -0.39 is 0 Å². The smallest absolute Gasteiger partial charge is 0.0892 e. The monoisotopic (exact) mass is 202 g/mol. The predicted molar refractivity (Wildman–Crippen MR) is 63.3 cm³/mol. The van der Waals surface area contributed by atoms with Crippen LogP contribution in [0.3, 0.4) is 0 Å². The van der Waals surface area contributed by atoms with Gasteiger partial charge in [-0.15, -0.1) is 0 Å². The van der Waals surface area contributed by atoms with E-state index in [2.05, 4.69) is 6.92 Å². The van der Waals surface area contributed by atoms with E-state index in [9.17, 15) is 0 Å². The molecule has 0 radical (unpaired) electrons. The molecule has 8 N–H and O–H groups in total. The molecule has 0 unspecified atom stereocenters.